The third kappa shape index (κ3) is 2.57. The fourth-order valence-electron chi connectivity index (χ4n) is 1.41. The maximum Gasteiger partial charge on any atom is 0.271 e. The highest BCUT2D eigenvalue weighted by Crippen LogP contribution is 2.08. The zero-order chi connectivity index (χ0) is 12.3. The third-order valence-electron chi connectivity index (χ3n) is 2.33. The predicted octanol–water partition coefficient (Wildman–Crippen LogP) is 0.740. The molecule has 2 N–H and O–H groups in total. The fraction of sp³-hybridized carbons (Fsp3) is 0.250. The minimum Gasteiger partial charge on any atom is -0.394 e. The molecule has 1 aromatic heterocycles. The van der Waals surface area contributed by atoms with Gasteiger partial charge in [0, 0.05) is 6.04 Å². The summed E-state index contributed by atoms with van der Waals surface area (Å²) in [7, 11) is 0. The van der Waals surface area contributed by atoms with E-state index in [2.05, 4.69) is 15.3 Å². The second-order valence-electron chi connectivity index (χ2n) is 3.80. The Morgan fingerprint density at radius 1 is 1.41 bits per heavy atom. The summed E-state index contributed by atoms with van der Waals surface area (Å²) in [4.78, 5) is 20.1. The molecule has 0 saturated heterocycles. The van der Waals surface area contributed by atoms with Crippen LogP contribution in [0.2, 0.25) is 0 Å². The van der Waals surface area contributed by atoms with Gasteiger partial charge in [-0.25, -0.2) is 4.98 Å². The van der Waals surface area contributed by atoms with Crippen molar-refractivity contribution < 1.29 is 9.90 Å². The van der Waals surface area contributed by atoms with E-state index in [4.69, 9.17) is 5.11 Å². The van der Waals surface area contributed by atoms with Gasteiger partial charge in [-0.05, 0) is 19.1 Å². The molecule has 0 aliphatic carbocycles. The number of amides is 1. The van der Waals surface area contributed by atoms with E-state index in [-0.39, 0.29) is 24.2 Å². The summed E-state index contributed by atoms with van der Waals surface area (Å²) in [5.74, 6) is -0.329. The number of hydrogen-bond donors (Lipinski definition) is 2. The van der Waals surface area contributed by atoms with Gasteiger partial charge in [0.15, 0.2) is 0 Å². The van der Waals surface area contributed by atoms with Gasteiger partial charge in [0.2, 0.25) is 0 Å². The SMILES string of the molecule is C[C@H](CO)NC(=O)c1cnc2ccccc2n1. The molecule has 0 radical (unpaired) electrons. The Labute approximate surface area is 98.5 Å². The minimum absolute atomic E-state index is 0.104. The summed E-state index contributed by atoms with van der Waals surface area (Å²) >= 11 is 0. The van der Waals surface area contributed by atoms with E-state index in [0.29, 0.717) is 5.52 Å². The van der Waals surface area contributed by atoms with Gasteiger partial charge in [-0.2, -0.15) is 0 Å². The van der Waals surface area contributed by atoms with Crippen molar-refractivity contribution in [3.63, 3.8) is 0 Å². The first-order valence-corrected chi connectivity index (χ1v) is 5.34. The van der Waals surface area contributed by atoms with Gasteiger partial charge in [-0.1, -0.05) is 12.1 Å². The van der Waals surface area contributed by atoms with Crippen molar-refractivity contribution in [2.45, 2.75) is 13.0 Å². The van der Waals surface area contributed by atoms with Crippen LogP contribution in [0.4, 0.5) is 0 Å². The molecule has 0 spiro atoms. The first-order valence-electron chi connectivity index (χ1n) is 5.34. The minimum atomic E-state index is -0.329. The van der Waals surface area contributed by atoms with Crippen LogP contribution in [0.3, 0.4) is 0 Å². The zero-order valence-electron chi connectivity index (χ0n) is 9.42. The quantitative estimate of drug-likeness (QED) is 0.817. The summed E-state index contributed by atoms with van der Waals surface area (Å²) in [6.07, 6.45) is 1.43. The molecule has 5 nitrogen and oxygen atoms in total. The van der Waals surface area contributed by atoms with E-state index < -0.39 is 0 Å². The lowest BCUT2D eigenvalue weighted by molar-refractivity contribution is 0.0917. The van der Waals surface area contributed by atoms with E-state index in [9.17, 15) is 4.79 Å². The molecule has 0 saturated carbocycles. The number of aliphatic hydroxyl groups is 1. The Morgan fingerprint density at radius 2 is 2.12 bits per heavy atom. The fourth-order valence-corrected chi connectivity index (χ4v) is 1.41. The van der Waals surface area contributed by atoms with E-state index in [0.717, 1.165) is 5.52 Å². The second-order valence-corrected chi connectivity index (χ2v) is 3.80. The lowest BCUT2D eigenvalue weighted by Crippen LogP contribution is -2.35. The first kappa shape index (κ1) is 11.5. The number of nitrogens with zero attached hydrogens (tertiary/aromatic N) is 2. The van der Waals surface area contributed by atoms with Crippen LogP contribution >= 0.6 is 0 Å². The van der Waals surface area contributed by atoms with Crippen molar-refractivity contribution in [1.82, 2.24) is 15.3 Å². The average molecular weight is 231 g/mol. The van der Waals surface area contributed by atoms with Crippen LogP contribution in [0, 0.1) is 0 Å². The number of benzene rings is 1. The standard InChI is InChI=1S/C12H13N3O2/c1-8(7-16)14-12(17)11-6-13-9-4-2-3-5-10(9)15-11/h2-6,8,16H,7H2,1H3,(H,14,17)/t8-/m1/s1. The van der Waals surface area contributed by atoms with Gasteiger partial charge in [0.05, 0.1) is 23.8 Å². The second kappa shape index (κ2) is 4.88. The Bertz CT molecular complexity index is 542. The molecule has 2 aromatic rings. The lowest BCUT2D eigenvalue weighted by atomic mass is 10.3. The Hall–Kier alpha value is -2.01. The highest BCUT2D eigenvalue weighted by atomic mass is 16.3. The van der Waals surface area contributed by atoms with Crippen LogP contribution < -0.4 is 5.32 Å². The molecule has 5 heteroatoms. The van der Waals surface area contributed by atoms with Crippen LogP contribution in [-0.4, -0.2) is 33.6 Å². The maximum atomic E-state index is 11.7. The van der Waals surface area contributed by atoms with Crippen molar-refractivity contribution in [3.8, 4) is 0 Å². The smallest absolute Gasteiger partial charge is 0.271 e. The van der Waals surface area contributed by atoms with Crippen LogP contribution in [0.5, 0.6) is 0 Å². The van der Waals surface area contributed by atoms with Gasteiger partial charge in [-0.15, -0.1) is 0 Å². The molecule has 0 unspecified atom stereocenters. The monoisotopic (exact) mass is 231 g/mol. The molecule has 1 atom stereocenters. The third-order valence-corrected chi connectivity index (χ3v) is 2.33. The van der Waals surface area contributed by atoms with Crippen molar-refractivity contribution in [2.24, 2.45) is 0 Å². The molecule has 17 heavy (non-hydrogen) atoms. The average Bonchev–Trinajstić information content (AvgIpc) is 2.38. The number of rotatable bonds is 3. The highest BCUT2D eigenvalue weighted by molar-refractivity contribution is 5.93. The Kier molecular flexibility index (Phi) is 3.30. The molecule has 2 rings (SSSR count). The lowest BCUT2D eigenvalue weighted by Gasteiger charge is -2.10. The molecule has 1 heterocycles. The van der Waals surface area contributed by atoms with Crippen LogP contribution in [0.15, 0.2) is 30.5 Å². The predicted molar refractivity (Wildman–Crippen MR) is 63.6 cm³/mol. The summed E-state index contributed by atoms with van der Waals surface area (Å²) in [5.41, 5.74) is 1.68. The number of carbonyl (C=O) groups is 1. The largest absolute Gasteiger partial charge is 0.394 e. The topological polar surface area (TPSA) is 75.1 Å². The molecule has 88 valence electrons. The normalized spacial score (nSPS) is 12.4. The van der Waals surface area contributed by atoms with Gasteiger partial charge in [0.1, 0.15) is 5.69 Å². The van der Waals surface area contributed by atoms with Crippen molar-refractivity contribution >= 4 is 16.9 Å². The Morgan fingerprint density at radius 3 is 2.82 bits per heavy atom. The van der Waals surface area contributed by atoms with Gasteiger partial charge >= 0.3 is 0 Å². The van der Waals surface area contributed by atoms with Gasteiger partial charge in [-0.3, -0.25) is 9.78 Å². The molecular weight excluding hydrogens is 218 g/mol. The zero-order valence-corrected chi connectivity index (χ0v) is 9.42. The van der Waals surface area contributed by atoms with Crippen molar-refractivity contribution in [2.75, 3.05) is 6.61 Å². The first-order chi connectivity index (χ1) is 8.20. The number of nitrogens with one attached hydrogen (secondary N) is 1. The Balaban J connectivity index is 2.27. The van der Waals surface area contributed by atoms with E-state index in [1.165, 1.54) is 6.20 Å². The molecular formula is C12H13N3O2. The summed E-state index contributed by atoms with van der Waals surface area (Å²) in [5, 5.41) is 11.5. The summed E-state index contributed by atoms with van der Waals surface area (Å²) in [6.45, 7) is 1.61. The number of carbonyl (C=O) groups excluding carboxylic acids is 1. The number of aliphatic hydroxyl groups excluding tert-OH is 1. The van der Waals surface area contributed by atoms with Crippen LogP contribution in [0.25, 0.3) is 11.0 Å². The van der Waals surface area contributed by atoms with Crippen LogP contribution in [0.1, 0.15) is 17.4 Å². The number of aromatic nitrogens is 2. The number of para-hydroxylation sites is 2. The molecule has 0 aliphatic heterocycles. The molecule has 0 fully saturated rings. The van der Waals surface area contributed by atoms with Crippen molar-refractivity contribution in [3.05, 3.63) is 36.2 Å². The van der Waals surface area contributed by atoms with E-state index in [1.54, 1.807) is 13.0 Å². The van der Waals surface area contributed by atoms with Gasteiger partial charge in [0.25, 0.3) is 5.91 Å². The van der Waals surface area contributed by atoms with Crippen molar-refractivity contribution in [1.29, 1.82) is 0 Å². The summed E-state index contributed by atoms with van der Waals surface area (Å²) in [6, 6.07) is 7.05. The van der Waals surface area contributed by atoms with Gasteiger partial charge < -0.3 is 10.4 Å². The molecule has 1 amide bonds. The molecule has 1 aromatic carbocycles. The highest BCUT2D eigenvalue weighted by Gasteiger charge is 2.11. The van der Waals surface area contributed by atoms with E-state index >= 15 is 0 Å². The number of hydrogen-bond acceptors (Lipinski definition) is 4. The van der Waals surface area contributed by atoms with E-state index in [1.807, 2.05) is 18.2 Å². The number of fused-ring (bicyclic) bond motifs is 1. The summed E-state index contributed by atoms with van der Waals surface area (Å²) < 4.78 is 0. The molecule has 0 aliphatic rings. The maximum absolute atomic E-state index is 11.7. The molecule has 0 bridgehead atoms. The van der Waals surface area contributed by atoms with Crippen LogP contribution in [-0.2, 0) is 0 Å².